The molecule has 1 heterocycles. The number of halogens is 1. The van der Waals surface area contributed by atoms with Crippen LogP contribution in [0.2, 0.25) is 0 Å². The fourth-order valence-corrected chi connectivity index (χ4v) is 5.92. The van der Waals surface area contributed by atoms with E-state index in [1.54, 1.807) is 32.0 Å². The summed E-state index contributed by atoms with van der Waals surface area (Å²) in [4.78, 5) is -0.0955. The van der Waals surface area contributed by atoms with Crippen molar-refractivity contribution in [1.82, 2.24) is 8.61 Å². The fraction of sp³-hybridized carbons (Fsp3) is 0.455. The van der Waals surface area contributed by atoms with Crippen molar-refractivity contribution in [2.24, 2.45) is 5.92 Å². The summed E-state index contributed by atoms with van der Waals surface area (Å²) in [5.74, 6) is -0.786. The number of benzene rings is 2. The summed E-state index contributed by atoms with van der Waals surface area (Å²) < 4.78 is 73.2. The van der Waals surface area contributed by atoms with E-state index in [9.17, 15) is 26.3 Å². The summed E-state index contributed by atoms with van der Waals surface area (Å²) in [5.41, 5.74) is 1.09. The van der Waals surface area contributed by atoms with Crippen LogP contribution in [0.4, 0.5) is 4.39 Å². The van der Waals surface area contributed by atoms with Gasteiger partial charge in [0.1, 0.15) is 22.6 Å². The molecule has 0 aromatic heterocycles. The van der Waals surface area contributed by atoms with Gasteiger partial charge >= 0.3 is 0 Å². The predicted octanol–water partition coefficient (Wildman–Crippen LogP) is 2.15. The van der Waals surface area contributed by atoms with Crippen molar-refractivity contribution in [3.8, 4) is 16.9 Å². The normalized spacial score (nSPS) is 22.2. The van der Waals surface area contributed by atoms with Crippen LogP contribution in [-0.2, 0) is 20.0 Å². The lowest BCUT2D eigenvalue weighted by molar-refractivity contribution is 0.0906. The number of hydrogen-bond acceptors (Lipinski definition) is 6. The largest absolute Gasteiger partial charge is 0.487 e. The summed E-state index contributed by atoms with van der Waals surface area (Å²) in [6.45, 7) is 3.04. The fourth-order valence-electron chi connectivity index (χ4n) is 3.68. The van der Waals surface area contributed by atoms with Crippen molar-refractivity contribution in [3.63, 3.8) is 0 Å². The number of hydrogen-bond donors (Lipinski definition) is 1. The molecule has 0 saturated heterocycles. The van der Waals surface area contributed by atoms with Gasteiger partial charge in [0.15, 0.2) is 0 Å². The topological polar surface area (TPSA) is 104 Å². The van der Waals surface area contributed by atoms with Crippen LogP contribution in [0.3, 0.4) is 0 Å². The second kappa shape index (κ2) is 9.67. The van der Waals surface area contributed by atoms with Crippen molar-refractivity contribution in [2.75, 3.05) is 33.0 Å². The van der Waals surface area contributed by atoms with Crippen molar-refractivity contribution in [1.29, 1.82) is 0 Å². The van der Waals surface area contributed by atoms with E-state index in [-0.39, 0.29) is 30.3 Å². The molecule has 0 bridgehead atoms. The summed E-state index contributed by atoms with van der Waals surface area (Å²) in [6.07, 6.45) is 0.413. The van der Waals surface area contributed by atoms with Gasteiger partial charge in [0.2, 0.25) is 20.0 Å². The molecule has 0 amide bonds. The Morgan fingerprint density at radius 2 is 1.91 bits per heavy atom. The number of fused-ring (bicyclic) bond motifs is 1. The van der Waals surface area contributed by atoms with Crippen molar-refractivity contribution < 1.29 is 31.1 Å². The smallest absolute Gasteiger partial charge is 0.247 e. The zero-order valence-electron chi connectivity index (χ0n) is 19.0. The maximum atomic E-state index is 13.8. The van der Waals surface area contributed by atoms with Crippen LogP contribution >= 0.6 is 0 Å². The van der Waals surface area contributed by atoms with E-state index >= 15 is 0 Å². The summed E-state index contributed by atoms with van der Waals surface area (Å²) in [5, 5.41) is 9.69. The lowest BCUT2D eigenvalue weighted by atomic mass is 10.0. The quantitative estimate of drug-likeness (QED) is 0.652. The maximum Gasteiger partial charge on any atom is 0.247 e. The van der Waals surface area contributed by atoms with Crippen molar-refractivity contribution >= 4 is 20.0 Å². The lowest BCUT2D eigenvalue weighted by Crippen LogP contribution is -2.50. The number of aliphatic hydroxyl groups excluding tert-OH is 1. The van der Waals surface area contributed by atoms with Gasteiger partial charge in [-0.1, -0.05) is 25.1 Å². The highest BCUT2D eigenvalue weighted by molar-refractivity contribution is 7.89. The SMILES string of the molecule is C[C@@H]1CN([C@H](C)CO)S(=O)(=O)c2ccc(-c3cccc(F)c3)cc2O[C@@H]1CN(C)S(C)(=O)=O. The van der Waals surface area contributed by atoms with Gasteiger partial charge in [0.25, 0.3) is 0 Å². The van der Waals surface area contributed by atoms with Crippen LogP contribution in [0, 0.1) is 11.7 Å². The number of rotatable bonds is 6. The van der Waals surface area contributed by atoms with Crippen LogP contribution in [0.25, 0.3) is 11.1 Å². The van der Waals surface area contributed by atoms with E-state index in [0.29, 0.717) is 11.1 Å². The van der Waals surface area contributed by atoms with Crippen molar-refractivity contribution in [3.05, 3.63) is 48.3 Å². The summed E-state index contributed by atoms with van der Waals surface area (Å²) in [7, 11) is -6.10. The summed E-state index contributed by atoms with van der Waals surface area (Å²) >= 11 is 0. The first-order valence-corrected chi connectivity index (χ1v) is 13.7. The van der Waals surface area contributed by atoms with Gasteiger partial charge in [-0.25, -0.2) is 25.5 Å². The van der Waals surface area contributed by atoms with E-state index < -0.39 is 43.9 Å². The molecule has 8 nitrogen and oxygen atoms in total. The molecule has 2 aromatic carbocycles. The minimum absolute atomic E-state index is 0.00499. The van der Waals surface area contributed by atoms with Crippen LogP contribution < -0.4 is 4.74 Å². The second-order valence-electron chi connectivity index (χ2n) is 8.46. The molecule has 3 atom stereocenters. The van der Waals surface area contributed by atoms with Gasteiger partial charge in [-0.05, 0) is 42.3 Å². The minimum atomic E-state index is -4.03. The summed E-state index contributed by atoms with van der Waals surface area (Å²) in [6, 6.07) is 9.68. The Morgan fingerprint density at radius 3 is 2.52 bits per heavy atom. The number of aliphatic hydroxyl groups is 1. The molecule has 2 aromatic rings. The monoisotopic (exact) mass is 500 g/mol. The van der Waals surface area contributed by atoms with Gasteiger partial charge in [0.05, 0.1) is 19.4 Å². The van der Waals surface area contributed by atoms with Gasteiger partial charge in [0, 0.05) is 25.6 Å². The Labute approximate surface area is 194 Å². The minimum Gasteiger partial charge on any atom is -0.487 e. The van der Waals surface area contributed by atoms with Crippen molar-refractivity contribution in [2.45, 2.75) is 30.9 Å². The van der Waals surface area contributed by atoms with Gasteiger partial charge in [-0.15, -0.1) is 0 Å². The predicted molar refractivity (Wildman–Crippen MR) is 123 cm³/mol. The molecule has 182 valence electrons. The van der Waals surface area contributed by atoms with E-state index in [2.05, 4.69) is 0 Å². The van der Waals surface area contributed by atoms with E-state index in [1.165, 1.54) is 35.6 Å². The van der Waals surface area contributed by atoms with Gasteiger partial charge in [-0.2, -0.15) is 4.31 Å². The van der Waals surface area contributed by atoms with Crippen LogP contribution in [0.15, 0.2) is 47.4 Å². The standard InChI is InChI=1S/C22H29FN2O6S2/c1-15-12-25(16(2)14-26)33(29,30)22-9-8-18(17-6-5-7-19(23)10-17)11-20(22)31-21(15)13-24(3)32(4,27)28/h5-11,15-16,21,26H,12-14H2,1-4H3/t15-,16-,21-/m1/s1. The molecule has 0 aliphatic carbocycles. The molecule has 1 aliphatic rings. The Morgan fingerprint density at radius 1 is 1.24 bits per heavy atom. The zero-order chi connectivity index (χ0) is 24.6. The van der Waals surface area contributed by atoms with E-state index in [0.717, 1.165) is 10.6 Å². The van der Waals surface area contributed by atoms with E-state index in [4.69, 9.17) is 4.74 Å². The highest BCUT2D eigenvalue weighted by atomic mass is 32.2. The first-order valence-electron chi connectivity index (χ1n) is 10.4. The third kappa shape index (κ3) is 5.55. The highest BCUT2D eigenvalue weighted by Gasteiger charge is 2.38. The molecular weight excluding hydrogens is 471 g/mol. The Hall–Kier alpha value is -2.05. The van der Waals surface area contributed by atoms with Crippen LogP contribution in [-0.4, -0.2) is 75.7 Å². The molecule has 0 spiro atoms. The average Bonchev–Trinajstić information content (AvgIpc) is 2.74. The maximum absolute atomic E-state index is 13.8. The van der Waals surface area contributed by atoms with Crippen LogP contribution in [0.5, 0.6) is 5.75 Å². The second-order valence-corrected chi connectivity index (χ2v) is 12.4. The lowest BCUT2D eigenvalue weighted by Gasteiger charge is -2.37. The molecule has 1 aliphatic heterocycles. The third-order valence-electron chi connectivity index (χ3n) is 5.83. The molecular formula is C22H29FN2O6S2. The Balaban J connectivity index is 2.15. The molecule has 3 rings (SSSR count). The number of ether oxygens (including phenoxy) is 1. The Bertz CT molecular complexity index is 1220. The molecule has 11 heteroatoms. The number of nitrogens with zero attached hydrogens (tertiary/aromatic N) is 2. The molecule has 0 radical (unpaired) electrons. The molecule has 0 saturated carbocycles. The highest BCUT2D eigenvalue weighted by Crippen LogP contribution is 2.36. The van der Waals surface area contributed by atoms with Crippen LogP contribution in [0.1, 0.15) is 13.8 Å². The zero-order valence-corrected chi connectivity index (χ0v) is 20.6. The molecule has 1 N–H and O–H groups in total. The number of sulfonamides is 2. The first-order chi connectivity index (χ1) is 15.3. The molecule has 33 heavy (non-hydrogen) atoms. The van der Waals surface area contributed by atoms with E-state index in [1.807, 2.05) is 0 Å². The number of likely N-dealkylation sites (N-methyl/N-ethyl adjacent to an activating group) is 1. The first kappa shape index (κ1) is 25.6. The molecule has 0 unspecified atom stereocenters. The Kier molecular flexibility index (Phi) is 7.49. The van der Waals surface area contributed by atoms with Gasteiger partial charge in [-0.3, -0.25) is 0 Å². The third-order valence-corrected chi connectivity index (χ3v) is 9.13. The van der Waals surface area contributed by atoms with Gasteiger partial charge < -0.3 is 9.84 Å². The molecule has 0 fully saturated rings. The average molecular weight is 501 g/mol.